The number of amides is 1. The lowest BCUT2D eigenvalue weighted by Gasteiger charge is -2.43. The summed E-state index contributed by atoms with van der Waals surface area (Å²) in [7, 11) is 0. The second kappa shape index (κ2) is 8.24. The quantitative estimate of drug-likeness (QED) is 0.398. The first-order valence-electron chi connectivity index (χ1n) is 12.7. The van der Waals surface area contributed by atoms with Crippen LogP contribution < -0.4 is 10.6 Å². The molecule has 5 heterocycles. The summed E-state index contributed by atoms with van der Waals surface area (Å²) in [5.74, 6) is -0.355. The van der Waals surface area contributed by atoms with Crippen LogP contribution in [0.1, 0.15) is 44.9 Å². The molecule has 2 aliphatic rings. The van der Waals surface area contributed by atoms with Gasteiger partial charge < -0.3 is 14.0 Å². The summed E-state index contributed by atoms with van der Waals surface area (Å²) in [6.45, 7) is 11.1. The van der Waals surface area contributed by atoms with Gasteiger partial charge in [0, 0.05) is 43.8 Å². The van der Waals surface area contributed by atoms with Crippen LogP contribution in [0, 0.1) is 19.7 Å². The number of halogens is 1. The number of hydrogen-bond acceptors (Lipinski definition) is 7. The first kappa shape index (κ1) is 24.3. The summed E-state index contributed by atoms with van der Waals surface area (Å²) in [4.78, 5) is 43.0. The second-order valence-corrected chi connectivity index (χ2v) is 11.4. The summed E-state index contributed by atoms with van der Waals surface area (Å²) >= 11 is 0. The molecular formula is C27H30FN7O3. The summed E-state index contributed by atoms with van der Waals surface area (Å²) in [6.07, 6.45) is 6.69. The predicted molar refractivity (Wildman–Crippen MR) is 140 cm³/mol. The molecule has 0 bridgehead atoms. The molecule has 0 N–H and O–H groups in total. The molecular weight excluding hydrogens is 489 g/mol. The molecule has 1 amide bonds. The minimum absolute atomic E-state index is 0.154. The fourth-order valence-corrected chi connectivity index (χ4v) is 5.24. The van der Waals surface area contributed by atoms with E-state index in [0.29, 0.717) is 36.5 Å². The van der Waals surface area contributed by atoms with Crippen molar-refractivity contribution < 1.29 is 13.9 Å². The second-order valence-electron chi connectivity index (χ2n) is 11.4. The molecule has 0 unspecified atom stereocenters. The monoisotopic (exact) mass is 519 g/mol. The SMILES string of the molecule is Cc1cn2cc(-c3nc(=O)n4cc(N5CCN(C(=O)OC(C)(C)C)C6(CC6)C5)cc(C)c4n3)cc(F)c2n1. The van der Waals surface area contributed by atoms with Crippen molar-refractivity contribution in [3.05, 3.63) is 58.3 Å². The number of piperazine rings is 1. The van der Waals surface area contributed by atoms with E-state index in [1.165, 1.54) is 10.5 Å². The van der Waals surface area contributed by atoms with Gasteiger partial charge in [-0.2, -0.15) is 4.98 Å². The lowest BCUT2D eigenvalue weighted by atomic mass is 10.1. The molecule has 198 valence electrons. The number of imidazole rings is 1. The number of pyridine rings is 2. The molecule has 0 radical (unpaired) electrons. The van der Waals surface area contributed by atoms with Crippen molar-refractivity contribution in [1.82, 2.24) is 28.7 Å². The number of aromatic nitrogens is 5. The van der Waals surface area contributed by atoms with E-state index in [-0.39, 0.29) is 23.1 Å². The number of hydrogen-bond donors (Lipinski definition) is 0. The minimum Gasteiger partial charge on any atom is -0.444 e. The third-order valence-electron chi connectivity index (χ3n) is 7.17. The van der Waals surface area contributed by atoms with Gasteiger partial charge in [-0.3, -0.25) is 4.90 Å². The zero-order chi connectivity index (χ0) is 27.0. The van der Waals surface area contributed by atoms with Gasteiger partial charge in [-0.05, 0) is 65.2 Å². The number of aryl methyl sites for hydroxylation is 2. The van der Waals surface area contributed by atoms with Crippen molar-refractivity contribution in [3.63, 3.8) is 0 Å². The van der Waals surface area contributed by atoms with E-state index >= 15 is 0 Å². The summed E-state index contributed by atoms with van der Waals surface area (Å²) < 4.78 is 23.3. The Labute approximate surface area is 218 Å². The van der Waals surface area contributed by atoms with Gasteiger partial charge in [0.2, 0.25) is 0 Å². The first-order valence-corrected chi connectivity index (χ1v) is 12.7. The highest BCUT2D eigenvalue weighted by Crippen LogP contribution is 2.45. The van der Waals surface area contributed by atoms with Gasteiger partial charge in [0.1, 0.15) is 11.2 Å². The lowest BCUT2D eigenvalue weighted by molar-refractivity contribution is 0.0106. The normalized spacial score (nSPS) is 17.0. The Balaban J connectivity index is 1.32. The molecule has 1 spiro atoms. The number of rotatable bonds is 2. The van der Waals surface area contributed by atoms with Crippen molar-refractivity contribution in [1.29, 1.82) is 0 Å². The number of anilines is 1. The van der Waals surface area contributed by atoms with Gasteiger partial charge in [0.15, 0.2) is 17.3 Å². The molecule has 6 rings (SSSR count). The minimum atomic E-state index is -0.547. The van der Waals surface area contributed by atoms with Crippen LogP contribution in [-0.4, -0.2) is 65.5 Å². The molecule has 1 saturated carbocycles. The van der Waals surface area contributed by atoms with Gasteiger partial charge in [0.05, 0.1) is 16.9 Å². The fraction of sp³-hybridized carbons (Fsp3) is 0.444. The number of carbonyl (C=O) groups excluding carboxylic acids is 1. The third kappa shape index (κ3) is 4.15. The molecule has 2 fully saturated rings. The standard InChI is InChI=1S/C27H30FN7O3/c1-16-10-19(32-8-9-35(27(15-32)6-7-27)25(37)38-26(3,4)5)14-34-22(16)30-21(31-24(34)36)18-11-20(28)23-29-17(2)12-33(23)13-18/h10-14H,6-9,15H2,1-5H3. The van der Waals surface area contributed by atoms with Crippen molar-refractivity contribution >= 4 is 23.1 Å². The highest BCUT2D eigenvalue weighted by molar-refractivity contribution is 5.71. The predicted octanol–water partition coefficient (Wildman–Crippen LogP) is 3.75. The van der Waals surface area contributed by atoms with Gasteiger partial charge >= 0.3 is 11.8 Å². The molecule has 0 atom stereocenters. The summed E-state index contributed by atoms with van der Waals surface area (Å²) in [6, 6.07) is 3.30. The van der Waals surface area contributed by atoms with E-state index in [0.717, 1.165) is 24.1 Å². The average molecular weight is 520 g/mol. The van der Waals surface area contributed by atoms with Crippen LogP contribution in [0.25, 0.3) is 22.7 Å². The van der Waals surface area contributed by atoms with Crippen LogP contribution in [0.3, 0.4) is 0 Å². The van der Waals surface area contributed by atoms with E-state index in [2.05, 4.69) is 19.9 Å². The van der Waals surface area contributed by atoms with Crippen molar-refractivity contribution in [3.8, 4) is 11.4 Å². The van der Waals surface area contributed by atoms with E-state index < -0.39 is 17.1 Å². The number of fused-ring (bicyclic) bond motifs is 2. The topological polar surface area (TPSA) is 97.3 Å². The Morgan fingerprint density at radius 1 is 1.03 bits per heavy atom. The zero-order valence-electron chi connectivity index (χ0n) is 22.2. The van der Waals surface area contributed by atoms with E-state index in [9.17, 15) is 14.0 Å². The number of carbonyl (C=O) groups is 1. The summed E-state index contributed by atoms with van der Waals surface area (Å²) in [5.41, 5.74) is 2.12. The van der Waals surface area contributed by atoms with Crippen LogP contribution in [0.5, 0.6) is 0 Å². The molecule has 38 heavy (non-hydrogen) atoms. The molecule has 4 aromatic rings. The molecule has 1 saturated heterocycles. The Bertz CT molecular complexity index is 1670. The molecule has 1 aliphatic carbocycles. The van der Waals surface area contributed by atoms with E-state index in [1.54, 1.807) is 29.9 Å². The Morgan fingerprint density at radius 3 is 2.50 bits per heavy atom. The van der Waals surface area contributed by atoms with Crippen LogP contribution in [0.15, 0.2) is 35.5 Å². The maximum atomic E-state index is 14.7. The Hall–Kier alpha value is -4.02. The Morgan fingerprint density at radius 2 is 1.79 bits per heavy atom. The fourth-order valence-electron chi connectivity index (χ4n) is 5.24. The summed E-state index contributed by atoms with van der Waals surface area (Å²) in [5, 5.41) is 0. The third-order valence-corrected chi connectivity index (χ3v) is 7.17. The van der Waals surface area contributed by atoms with Crippen molar-refractivity contribution in [2.75, 3.05) is 24.5 Å². The van der Waals surface area contributed by atoms with Crippen LogP contribution in [0.2, 0.25) is 0 Å². The largest absolute Gasteiger partial charge is 0.444 e. The van der Waals surface area contributed by atoms with Crippen molar-refractivity contribution in [2.45, 2.75) is 58.6 Å². The Kier molecular flexibility index (Phi) is 5.27. The van der Waals surface area contributed by atoms with Crippen LogP contribution in [-0.2, 0) is 4.74 Å². The first-order chi connectivity index (χ1) is 17.9. The lowest BCUT2D eigenvalue weighted by Crippen LogP contribution is -2.58. The van der Waals surface area contributed by atoms with Crippen LogP contribution >= 0.6 is 0 Å². The van der Waals surface area contributed by atoms with Gasteiger partial charge in [-0.1, -0.05) is 0 Å². The number of ether oxygens (including phenoxy) is 1. The maximum absolute atomic E-state index is 14.7. The van der Waals surface area contributed by atoms with Gasteiger partial charge in [-0.25, -0.2) is 28.3 Å². The average Bonchev–Trinajstić information content (AvgIpc) is 3.47. The maximum Gasteiger partial charge on any atom is 0.410 e. The number of nitrogens with zero attached hydrogens (tertiary/aromatic N) is 7. The van der Waals surface area contributed by atoms with E-state index in [4.69, 9.17) is 4.74 Å². The highest BCUT2D eigenvalue weighted by Gasteiger charge is 2.54. The molecule has 0 aromatic carbocycles. The van der Waals surface area contributed by atoms with Crippen LogP contribution in [0.4, 0.5) is 14.9 Å². The van der Waals surface area contributed by atoms with Gasteiger partial charge in [0.25, 0.3) is 0 Å². The zero-order valence-corrected chi connectivity index (χ0v) is 22.2. The van der Waals surface area contributed by atoms with Gasteiger partial charge in [-0.15, -0.1) is 0 Å². The smallest absolute Gasteiger partial charge is 0.410 e. The molecule has 10 nitrogen and oxygen atoms in total. The highest BCUT2D eigenvalue weighted by atomic mass is 19.1. The van der Waals surface area contributed by atoms with E-state index in [1.807, 2.05) is 38.7 Å². The molecule has 11 heteroatoms. The van der Waals surface area contributed by atoms with Crippen molar-refractivity contribution in [2.24, 2.45) is 0 Å². The molecule has 1 aliphatic heterocycles. The molecule has 4 aromatic heterocycles.